The van der Waals surface area contributed by atoms with Gasteiger partial charge in [0.25, 0.3) is 0 Å². The van der Waals surface area contributed by atoms with Crippen LogP contribution in [0.4, 0.5) is 27.6 Å². The Bertz CT molecular complexity index is 844. The van der Waals surface area contributed by atoms with E-state index in [1.54, 1.807) is 13.0 Å². The second kappa shape index (κ2) is 7.16. The van der Waals surface area contributed by atoms with Crippen LogP contribution in [0.3, 0.4) is 0 Å². The first-order chi connectivity index (χ1) is 12.6. The van der Waals surface area contributed by atoms with Gasteiger partial charge in [-0.15, -0.1) is 0 Å². The van der Waals surface area contributed by atoms with Crippen LogP contribution in [0.25, 0.3) is 0 Å². The summed E-state index contributed by atoms with van der Waals surface area (Å²) in [5.74, 6) is -0.979. The van der Waals surface area contributed by atoms with Crippen molar-refractivity contribution in [3.8, 4) is 5.75 Å². The molecular weight excluding hydrogens is 373 g/mol. The van der Waals surface area contributed by atoms with Crippen molar-refractivity contribution in [1.29, 1.82) is 0 Å². The summed E-state index contributed by atoms with van der Waals surface area (Å²) < 4.78 is 69.1. The van der Waals surface area contributed by atoms with Gasteiger partial charge in [-0.3, -0.25) is 9.48 Å². The van der Waals surface area contributed by atoms with Gasteiger partial charge >= 0.3 is 12.8 Å². The van der Waals surface area contributed by atoms with Crippen molar-refractivity contribution in [1.82, 2.24) is 9.78 Å². The standard InChI is InChI=1S/C17H16F5N3O2/c1-9-2-5-11(13(6-9)27-16(18)19)23-15(26)8-25-12(10-3-4-10)7-14(24-25)17(20,21)22/h2,5-7,10,16H,3-4,8H2,1H3,(H,23,26). The predicted octanol–water partition coefficient (Wildman–Crippen LogP) is 4.33. The molecule has 0 atom stereocenters. The van der Waals surface area contributed by atoms with Gasteiger partial charge < -0.3 is 10.1 Å². The summed E-state index contributed by atoms with van der Waals surface area (Å²) in [7, 11) is 0. The van der Waals surface area contributed by atoms with Gasteiger partial charge in [0.05, 0.1) is 5.69 Å². The molecule has 0 radical (unpaired) electrons. The number of aromatic nitrogens is 2. The van der Waals surface area contributed by atoms with E-state index in [0.29, 0.717) is 11.3 Å². The number of carbonyl (C=O) groups is 1. The van der Waals surface area contributed by atoms with E-state index < -0.39 is 30.9 Å². The van der Waals surface area contributed by atoms with Crippen LogP contribution in [0, 0.1) is 6.92 Å². The van der Waals surface area contributed by atoms with E-state index in [0.717, 1.165) is 23.6 Å². The van der Waals surface area contributed by atoms with E-state index in [4.69, 9.17) is 0 Å². The summed E-state index contributed by atoms with van der Waals surface area (Å²) >= 11 is 0. The number of ether oxygens (including phenoxy) is 1. The van der Waals surface area contributed by atoms with Gasteiger partial charge in [0.1, 0.15) is 12.3 Å². The van der Waals surface area contributed by atoms with Crippen LogP contribution in [-0.4, -0.2) is 22.3 Å². The van der Waals surface area contributed by atoms with E-state index in [1.807, 2.05) is 0 Å². The largest absolute Gasteiger partial charge is 0.435 e. The normalized spacial score (nSPS) is 14.5. The van der Waals surface area contributed by atoms with Crippen LogP contribution < -0.4 is 10.1 Å². The molecule has 0 spiro atoms. The molecule has 5 nitrogen and oxygen atoms in total. The summed E-state index contributed by atoms with van der Waals surface area (Å²) in [6.07, 6.45) is -3.15. The van der Waals surface area contributed by atoms with Crippen LogP contribution in [0.1, 0.15) is 35.7 Å². The summed E-state index contributed by atoms with van der Waals surface area (Å²) in [5, 5.41) is 5.88. The maximum Gasteiger partial charge on any atom is 0.435 e. The fourth-order valence-electron chi connectivity index (χ4n) is 2.66. The van der Waals surface area contributed by atoms with Gasteiger partial charge in [-0.2, -0.15) is 27.1 Å². The SMILES string of the molecule is Cc1ccc(NC(=O)Cn2nc(C(F)(F)F)cc2C2CC2)c(OC(F)F)c1. The molecule has 10 heteroatoms. The Balaban J connectivity index is 1.78. The highest BCUT2D eigenvalue weighted by atomic mass is 19.4. The first-order valence-electron chi connectivity index (χ1n) is 8.13. The molecule has 0 saturated heterocycles. The zero-order valence-corrected chi connectivity index (χ0v) is 14.2. The Labute approximate surface area is 151 Å². The first-order valence-corrected chi connectivity index (χ1v) is 8.13. The fourth-order valence-corrected chi connectivity index (χ4v) is 2.66. The van der Waals surface area contributed by atoms with Crippen molar-refractivity contribution >= 4 is 11.6 Å². The highest BCUT2D eigenvalue weighted by Crippen LogP contribution is 2.42. The first kappa shape index (κ1) is 19.1. The number of hydrogen-bond acceptors (Lipinski definition) is 3. The Kier molecular flexibility index (Phi) is 5.07. The van der Waals surface area contributed by atoms with Gasteiger partial charge in [-0.1, -0.05) is 6.07 Å². The molecule has 1 heterocycles. The van der Waals surface area contributed by atoms with Crippen LogP contribution in [0.15, 0.2) is 24.3 Å². The lowest BCUT2D eigenvalue weighted by atomic mass is 10.2. The molecule has 1 amide bonds. The van der Waals surface area contributed by atoms with E-state index in [2.05, 4.69) is 15.2 Å². The third-order valence-electron chi connectivity index (χ3n) is 4.02. The van der Waals surface area contributed by atoms with Gasteiger partial charge in [0, 0.05) is 11.6 Å². The second-order valence-electron chi connectivity index (χ2n) is 6.31. The van der Waals surface area contributed by atoms with Crippen LogP contribution >= 0.6 is 0 Å². The molecule has 1 aliphatic rings. The number of benzene rings is 1. The molecular formula is C17H16F5N3O2. The predicted molar refractivity (Wildman–Crippen MR) is 85.6 cm³/mol. The molecule has 0 unspecified atom stereocenters. The minimum absolute atomic E-state index is 0.00192. The molecule has 1 aromatic heterocycles. The molecule has 1 aromatic carbocycles. The van der Waals surface area contributed by atoms with Crippen molar-refractivity contribution in [2.24, 2.45) is 0 Å². The summed E-state index contributed by atoms with van der Waals surface area (Å²) in [6, 6.07) is 5.24. The van der Waals surface area contributed by atoms with E-state index in [9.17, 15) is 26.7 Å². The van der Waals surface area contributed by atoms with Gasteiger partial charge in [0.15, 0.2) is 5.69 Å². The molecule has 1 N–H and O–H groups in total. The average Bonchev–Trinajstić information content (AvgIpc) is 3.29. The number of rotatable bonds is 6. The van der Waals surface area contributed by atoms with Crippen molar-refractivity contribution in [3.63, 3.8) is 0 Å². The number of anilines is 1. The number of aryl methyl sites for hydroxylation is 1. The minimum atomic E-state index is -4.61. The van der Waals surface area contributed by atoms with Crippen LogP contribution in [0.2, 0.25) is 0 Å². The summed E-state index contributed by atoms with van der Waals surface area (Å²) in [6.45, 7) is -1.89. The number of nitrogens with one attached hydrogen (secondary N) is 1. The lowest BCUT2D eigenvalue weighted by Gasteiger charge is -2.13. The van der Waals surface area contributed by atoms with Crippen molar-refractivity contribution < 1.29 is 31.5 Å². The monoisotopic (exact) mass is 389 g/mol. The number of halogens is 5. The third-order valence-corrected chi connectivity index (χ3v) is 4.02. The third kappa shape index (κ3) is 4.75. The lowest BCUT2D eigenvalue weighted by molar-refractivity contribution is -0.141. The number of alkyl halides is 5. The Morgan fingerprint density at radius 1 is 1.33 bits per heavy atom. The number of carbonyl (C=O) groups excluding carboxylic acids is 1. The second-order valence-corrected chi connectivity index (χ2v) is 6.31. The number of hydrogen-bond donors (Lipinski definition) is 1. The van der Waals surface area contributed by atoms with Gasteiger partial charge in [-0.05, 0) is 43.5 Å². The molecule has 1 fully saturated rings. The van der Waals surface area contributed by atoms with E-state index in [1.165, 1.54) is 12.1 Å². The maximum absolute atomic E-state index is 12.9. The Morgan fingerprint density at radius 3 is 2.63 bits per heavy atom. The average molecular weight is 389 g/mol. The fraction of sp³-hybridized carbons (Fsp3) is 0.412. The zero-order valence-electron chi connectivity index (χ0n) is 14.2. The summed E-state index contributed by atoms with van der Waals surface area (Å²) in [5.41, 5.74) is -0.0802. The Morgan fingerprint density at radius 2 is 2.04 bits per heavy atom. The molecule has 146 valence electrons. The molecule has 27 heavy (non-hydrogen) atoms. The van der Waals surface area contributed by atoms with E-state index >= 15 is 0 Å². The van der Waals surface area contributed by atoms with Gasteiger partial charge in [0.2, 0.25) is 5.91 Å². The maximum atomic E-state index is 12.9. The molecule has 1 saturated carbocycles. The van der Waals surface area contributed by atoms with E-state index in [-0.39, 0.29) is 17.4 Å². The highest BCUT2D eigenvalue weighted by Gasteiger charge is 2.38. The highest BCUT2D eigenvalue weighted by molar-refractivity contribution is 5.92. The van der Waals surface area contributed by atoms with Crippen LogP contribution in [0.5, 0.6) is 5.75 Å². The Hall–Kier alpha value is -2.65. The van der Waals surface area contributed by atoms with Gasteiger partial charge in [-0.25, -0.2) is 0 Å². The number of nitrogens with zero attached hydrogens (tertiary/aromatic N) is 2. The zero-order chi connectivity index (χ0) is 19.8. The van der Waals surface area contributed by atoms with Crippen molar-refractivity contribution in [3.05, 3.63) is 41.2 Å². The lowest BCUT2D eigenvalue weighted by Crippen LogP contribution is -2.22. The van der Waals surface area contributed by atoms with Crippen LogP contribution in [-0.2, 0) is 17.5 Å². The van der Waals surface area contributed by atoms with Crippen molar-refractivity contribution in [2.75, 3.05) is 5.32 Å². The molecule has 0 aliphatic heterocycles. The molecule has 2 aromatic rings. The smallest absolute Gasteiger partial charge is 0.433 e. The number of amides is 1. The minimum Gasteiger partial charge on any atom is -0.433 e. The molecule has 0 bridgehead atoms. The molecule has 1 aliphatic carbocycles. The molecule has 3 rings (SSSR count). The van der Waals surface area contributed by atoms with Crippen molar-refractivity contribution in [2.45, 2.75) is 45.0 Å². The topological polar surface area (TPSA) is 56.2 Å². The quantitative estimate of drug-likeness (QED) is 0.749. The summed E-state index contributed by atoms with van der Waals surface area (Å²) in [4.78, 5) is 12.3.